The zero-order valence-electron chi connectivity index (χ0n) is 16.2. The molecule has 1 saturated heterocycles. The summed E-state index contributed by atoms with van der Waals surface area (Å²) in [6.07, 6.45) is 2.83. The minimum atomic E-state index is 0. The molecule has 1 aromatic rings. The van der Waals surface area contributed by atoms with Gasteiger partial charge in [-0.15, -0.1) is 24.0 Å². The summed E-state index contributed by atoms with van der Waals surface area (Å²) < 4.78 is 0. The van der Waals surface area contributed by atoms with Gasteiger partial charge in [0.15, 0.2) is 5.96 Å². The maximum Gasteiger partial charge on any atom is 0.191 e. The Labute approximate surface area is 179 Å². The second-order valence-corrected chi connectivity index (χ2v) is 7.73. The molecule has 6 nitrogen and oxygen atoms in total. The lowest BCUT2D eigenvalue weighted by molar-refractivity contribution is 0.432. The van der Waals surface area contributed by atoms with Crippen molar-refractivity contribution in [2.75, 3.05) is 37.6 Å². The molecule has 0 aliphatic carbocycles. The van der Waals surface area contributed by atoms with Crippen LogP contribution in [0.25, 0.3) is 0 Å². The van der Waals surface area contributed by atoms with E-state index in [0.717, 1.165) is 50.9 Å². The normalized spacial score (nSPS) is 17.8. The number of guanidine groups is 1. The van der Waals surface area contributed by atoms with Crippen molar-refractivity contribution in [3.8, 4) is 0 Å². The molecule has 148 valence electrons. The Morgan fingerprint density at radius 2 is 2.19 bits per heavy atom. The highest BCUT2D eigenvalue weighted by Gasteiger charge is 2.25. The number of anilines is 1. The van der Waals surface area contributed by atoms with Gasteiger partial charge in [-0.1, -0.05) is 11.6 Å². The predicted molar refractivity (Wildman–Crippen MR) is 122 cm³/mol. The van der Waals surface area contributed by atoms with Gasteiger partial charge in [-0.3, -0.25) is 4.99 Å². The average Bonchev–Trinajstić information content (AvgIpc) is 2.99. The number of hydrogen-bond donors (Lipinski definition) is 3. The van der Waals surface area contributed by atoms with Crippen LogP contribution in [0.4, 0.5) is 5.82 Å². The largest absolute Gasteiger partial charge is 0.357 e. The van der Waals surface area contributed by atoms with Crippen LogP contribution in [0.1, 0.15) is 34.1 Å². The van der Waals surface area contributed by atoms with Crippen LogP contribution in [0.5, 0.6) is 0 Å². The van der Waals surface area contributed by atoms with Crippen molar-refractivity contribution in [1.29, 1.82) is 0 Å². The lowest BCUT2D eigenvalue weighted by atomic mass is 10.1. The SMILES string of the molecule is CCNC(=NCCNC(C)(C)C)NC1CCN(c2ncccc2Cl)C1.I. The van der Waals surface area contributed by atoms with Crippen molar-refractivity contribution in [3.05, 3.63) is 23.4 Å². The third-order valence-corrected chi connectivity index (χ3v) is 4.24. The smallest absolute Gasteiger partial charge is 0.191 e. The van der Waals surface area contributed by atoms with E-state index in [9.17, 15) is 0 Å². The number of nitrogens with one attached hydrogen (secondary N) is 3. The van der Waals surface area contributed by atoms with Gasteiger partial charge in [-0.05, 0) is 46.2 Å². The van der Waals surface area contributed by atoms with Gasteiger partial charge in [-0.25, -0.2) is 4.98 Å². The summed E-state index contributed by atoms with van der Waals surface area (Å²) in [5.74, 6) is 1.74. The second-order valence-electron chi connectivity index (χ2n) is 7.32. The number of pyridine rings is 1. The minimum Gasteiger partial charge on any atom is -0.357 e. The quantitative estimate of drug-likeness (QED) is 0.246. The number of halogens is 2. The molecule has 1 fully saturated rings. The Morgan fingerprint density at radius 3 is 2.85 bits per heavy atom. The Kier molecular flexibility index (Phi) is 9.95. The van der Waals surface area contributed by atoms with Crippen LogP contribution < -0.4 is 20.9 Å². The van der Waals surface area contributed by atoms with Gasteiger partial charge in [0.1, 0.15) is 5.82 Å². The van der Waals surface area contributed by atoms with Crippen LogP contribution in [-0.2, 0) is 0 Å². The zero-order valence-corrected chi connectivity index (χ0v) is 19.3. The molecule has 1 aromatic heterocycles. The summed E-state index contributed by atoms with van der Waals surface area (Å²) in [6.45, 7) is 12.8. The molecule has 8 heteroatoms. The van der Waals surface area contributed by atoms with E-state index < -0.39 is 0 Å². The summed E-state index contributed by atoms with van der Waals surface area (Å²) in [5.41, 5.74) is 0.120. The molecule has 2 rings (SSSR count). The van der Waals surface area contributed by atoms with E-state index in [1.807, 2.05) is 12.1 Å². The van der Waals surface area contributed by atoms with Gasteiger partial charge in [0.25, 0.3) is 0 Å². The number of hydrogen-bond acceptors (Lipinski definition) is 4. The highest BCUT2D eigenvalue weighted by Crippen LogP contribution is 2.25. The highest BCUT2D eigenvalue weighted by atomic mass is 127. The van der Waals surface area contributed by atoms with E-state index in [2.05, 4.69) is 58.5 Å². The van der Waals surface area contributed by atoms with Crippen molar-refractivity contribution >= 4 is 47.4 Å². The maximum absolute atomic E-state index is 6.26. The van der Waals surface area contributed by atoms with Gasteiger partial charge >= 0.3 is 0 Å². The average molecular weight is 495 g/mol. The van der Waals surface area contributed by atoms with Crippen LogP contribution in [0, 0.1) is 0 Å². The monoisotopic (exact) mass is 494 g/mol. The van der Waals surface area contributed by atoms with Gasteiger partial charge in [-0.2, -0.15) is 0 Å². The molecule has 1 aliphatic rings. The molecule has 0 radical (unpaired) electrons. The molecule has 0 saturated carbocycles. The first-order valence-electron chi connectivity index (χ1n) is 9.04. The number of aliphatic imine (C=N–C) groups is 1. The topological polar surface area (TPSA) is 64.6 Å². The summed E-state index contributed by atoms with van der Waals surface area (Å²) in [6, 6.07) is 4.09. The molecular weight excluding hydrogens is 463 g/mol. The van der Waals surface area contributed by atoms with Crippen LogP contribution in [0.3, 0.4) is 0 Å². The molecular formula is C18H32ClIN6. The first kappa shape index (κ1) is 23.2. The van der Waals surface area contributed by atoms with E-state index >= 15 is 0 Å². The molecule has 1 atom stereocenters. The Bertz CT molecular complexity index is 575. The van der Waals surface area contributed by atoms with Crippen molar-refractivity contribution in [3.63, 3.8) is 0 Å². The van der Waals surface area contributed by atoms with Gasteiger partial charge in [0, 0.05) is 44.0 Å². The third kappa shape index (κ3) is 7.84. The van der Waals surface area contributed by atoms with Gasteiger partial charge in [0.2, 0.25) is 0 Å². The standard InChI is InChI=1S/C18H31ClN6.HI/c1-5-20-17(22-10-11-23-18(2,3)4)24-14-8-12-25(13-14)16-15(19)7-6-9-21-16;/h6-7,9,14,23H,5,8,10-13H2,1-4H3,(H2,20,22,24);1H. The molecule has 0 amide bonds. The molecule has 2 heterocycles. The Hall–Kier alpha value is -0.800. The summed E-state index contributed by atoms with van der Waals surface area (Å²) in [5, 5.41) is 11.0. The maximum atomic E-state index is 6.26. The first-order chi connectivity index (χ1) is 11.9. The fourth-order valence-electron chi connectivity index (χ4n) is 2.79. The second kappa shape index (κ2) is 11.1. The predicted octanol–water partition coefficient (Wildman–Crippen LogP) is 2.87. The van der Waals surface area contributed by atoms with Crippen molar-refractivity contribution in [1.82, 2.24) is 20.9 Å². The molecule has 1 unspecified atom stereocenters. The van der Waals surface area contributed by atoms with Crippen LogP contribution in [0.15, 0.2) is 23.3 Å². The van der Waals surface area contributed by atoms with E-state index in [-0.39, 0.29) is 29.5 Å². The summed E-state index contributed by atoms with van der Waals surface area (Å²) in [4.78, 5) is 11.3. The fraction of sp³-hybridized carbons (Fsp3) is 0.667. The van der Waals surface area contributed by atoms with Crippen molar-refractivity contribution in [2.24, 2.45) is 4.99 Å². The number of aromatic nitrogens is 1. The van der Waals surface area contributed by atoms with Crippen molar-refractivity contribution < 1.29 is 0 Å². The van der Waals surface area contributed by atoms with E-state index in [0.29, 0.717) is 11.1 Å². The minimum absolute atomic E-state index is 0. The lowest BCUT2D eigenvalue weighted by Crippen LogP contribution is -2.45. The summed E-state index contributed by atoms with van der Waals surface area (Å²) in [7, 11) is 0. The lowest BCUT2D eigenvalue weighted by Gasteiger charge is -2.21. The van der Waals surface area contributed by atoms with Gasteiger partial charge < -0.3 is 20.9 Å². The molecule has 3 N–H and O–H groups in total. The van der Waals surface area contributed by atoms with Crippen LogP contribution in [0.2, 0.25) is 5.02 Å². The first-order valence-corrected chi connectivity index (χ1v) is 9.42. The third-order valence-electron chi connectivity index (χ3n) is 3.95. The number of rotatable bonds is 6. The number of nitrogens with zero attached hydrogens (tertiary/aromatic N) is 3. The fourth-order valence-corrected chi connectivity index (χ4v) is 3.03. The molecule has 0 spiro atoms. The molecule has 1 aliphatic heterocycles. The Balaban J connectivity index is 0.00000338. The van der Waals surface area contributed by atoms with Gasteiger partial charge in [0.05, 0.1) is 11.6 Å². The highest BCUT2D eigenvalue weighted by molar-refractivity contribution is 14.0. The van der Waals surface area contributed by atoms with E-state index in [1.165, 1.54) is 0 Å². The van der Waals surface area contributed by atoms with Crippen LogP contribution in [-0.4, -0.2) is 55.2 Å². The van der Waals surface area contributed by atoms with E-state index in [1.54, 1.807) is 6.20 Å². The summed E-state index contributed by atoms with van der Waals surface area (Å²) >= 11 is 6.26. The van der Waals surface area contributed by atoms with E-state index in [4.69, 9.17) is 11.6 Å². The molecule has 0 bridgehead atoms. The Morgan fingerprint density at radius 1 is 1.42 bits per heavy atom. The van der Waals surface area contributed by atoms with Crippen LogP contribution >= 0.6 is 35.6 Å². The molecule has 0 aromatic carbocycles. The van der Waals surface area contributed by atoms with Crippen molar-refractivity contribution in [2.45, 2.75) is 45.7 Å². The zero-order chi connectivity index (χ0) is 18.3. The molecule has 26 heavy (non-hydrogen) atoms.